The first-order valence-corrected chi connectivity index (χ1v) is 6.20. The molecule has 4 atom stereocenters. The first-order valence-electron chi connectivity index (χ1n) is 6.20. The van der Waals surface area contributed by atoms with Crippen molar-refractivity contribution < 1.29 is 14.9 Å². The van der Waals surface area contributed by atoms with Crippen LogP contribution in [0.4, 0.5) is 0 Å². The lowest BCUT2D eigenvalue weighted by atomic mass is 9.81. The summed E-state index contributed by atoms with van der Waals surface area (Å²) in [6.07, 6.45) is 2.57. The third kappa shape index (κ3) is 3.89. The molecule has 0 spiro atoms. The Kier molecular flexibility index (Phi) is 5.46. The molecule has 1 rings (SSSR count). The van der Waals surface area contributed by atoms with Crippen molar-refractivity contribution >= 4 is 0 Å². The molecule has 4 unspecified atom stereocenters. The maximum absolute atomic E-state index is 9.73. The molecule has 94 valence electrons. The van der Waals surface area contributed by atoms with E-state index >= 15 is 0 Å². The van der Waals surface area contributed by atoms with Gasteiger partial charge in [-0.1, -0.05) is 20.4 Å². The number of ether oxygens (including phenoxy) is 1. The van der Waals surface area contributed by atoms with E-state index in [0.717, 1.165) is 25.7 Å². The van der Waals surface area contributed by atoms with E-state index in [0.29, 0.717) is 24.0 Å². The van der Waals surface area contributed by atoms with Gasteiger partial charge in [0, 0.05) is 0 Å². The van der Waals surface area contributed by atoms with Gasteiger partial charge in [0.15, 0.2) is 6.29 Å². The lowest BCUT2D eigenvalue weighted by molar-refractivity contribution is -0.0956. The standard InChI is InChI=1S/C13H24O3/c1-4-9(2)13(15)16-8-11-6-5-10(3)12(14)7-11/h10-15H,2,4-8H2,1,3H3. The molecule has 0 saturated heterocycles. The van der Waals surface area contributed by atoms with Crippen LogP contribution in [0.2, 0.25) is 0 Å². The Hall–Kier alpha value is -0.380. The summed E-state index contributed by atoms with van der Waals surface area (Å²) >= 11 is 0. The van der Waals surface area contributed by atoms with Crippen LogP contribution in [0, 0.1) is 11.8 Å². The van der Waals surface area contributed by atoms with Crippen LogP contribution in [0.25, 0.3) is 0 Å². The van der Waals surface area contributed by atoms with Gasteiger partial charge >= 0.3 is 0 Å². The van der Waals surface area contributed by atoms with Crippen LogP contribution in [-0.4, -0.2) is 29.2 Å². The fraction of sp³-hybridized carbons (Fsp3) is 0.846. The van der Waals surface area contributed by atoms with E-state index in [1.54, 1.807) is 0 Å². The first kappa shape index (κ1) is 13.7. The molecule has 0 aliphatic heterocycles. The number of aliphatic hydroxyl groups excluding tert-OH is 2. The van der Waals surface area contributed by atoms with Gasteiger partial charge in [-0.25, -0.2) is 0 Å². The quantitative estimate of drug-likeness (QED) is 0.559. The van der Waals surface area contributed by atoms with Crippen molar-refractivity contribution in [3.63, 3.8) is 0 Å². The zero-order chi connectivity index (χ0) is 12.1. The molecule has 3 heteroatoms. The van der Waals surface area contributed by atoms with Gasteiger partial charge < -0.3 is 14.9 Å². The molecular formula is C13H24O3. The summed E-state index contributed by atoms with van der Waals surface area (Å²) in [5.41, 5.74) is 0.713. The molecule has 1 aliphatic rings. The Morgan fingerprint density at radius 3 is 2.75 bits per heavy atom. The predicted molar refractivity (Wildman–Crippen MR) is 63.9 cm³/mol. The second-order valence-electron chi connectivity index (χ2n) is 4.92. The Bertz CT molecular complexity index is 227. The van der Waals surface area contributed by atoms with Crippen LogP contribution < -0.4 is 0 Å². The molecule has 0 aromatic carbocycles. The largest absolute Gasteiger partial charge is 0.393 e. The monoisotopic (exact) mass is 228 g/mol. The highest BCUT2D eigenvalue weighted by atomic mass is 16.6. The van der Waals surface area contributed by atoms with Gasteiger partial charge in [0.2, 0.25) is 0 Å². The second kappa shape index (κ2) is 6.38. The van der Waals surface area contributed by atoms with E-state index in [9.17, 15) is 10.2 Å². The minimum Gasteiger partial charge on any atom is -0.393 e. The lowest BCUT2D eigenvalue weighted by Crippen LogP contribution is -2.30. The van der Waals surface area contributed by atoms with Crippen LogP contribution in [-0.2, 0) is 4.74 Å². The SMILES string of the molecule is C=C(CC)C(O)OCC1CCC(C)C(O)C1. The highest BCUT2D eigenvalue weighted by Crippen LogP contribution is 2.29. The van der Waals surface area contributed by atoms with Crippen LogP contribution in [0.1, 0.15) is 39.5 Å². The Morgan fingerprint density at radius 1 is 1.50 bits per heavy atom. The minimum atomic E-state index is -0.846. The average molecular weight is 228 g/mol. The van der Waals surface area contributed by atoms with Crippen LogP contribution in [0.15, 0.2) is 12.2 Å². The molecule has 0 amide bonds. The molecule has 1 aliphatic carbocycles. The average Bonchev–Trinajstić information content (AvgIpc) is 2.29. The molecular weight excluding hydrogens is 204 g/mol. The topological polar surface area (TPSA) is 49.7 Å². The van der Waals surface area contributed by atoms with Gasteiger partial charge in [-0.05, 0) is 43.1 Å². The molecule has 3 nitrogen and oxygen atoms in total. The zero-order valence-corrected chi connectivity index (χ0v) is 10.4. The normalized spacial score (nSPS) is 32.4. The summed E-state index contributed by atoms with van der Waals surface area (Å²) in [6, 6.07) is 0. The van der Waals surface area contributed by atoms with Crippen molar-refractivity contribution in [1.82, 2.24) is 0 Å². The highest BCUT2D eigenvalue weighted by Gasteiger charge is 2.26. The summed E-state index contributed by atoms with van der Waals surface area (Å²) in [5, 5.41) is 19.3. The third-order valence-electron chi connectivity index (χ3n) is 3.56. The number of rotatable bonds is 5. The number of aliphatic hydroxyl groups is 2. The minimum absolute atomic E-state index is 0.214. The van der Waals surface area contributed by atoms with Crippen LogP contribution in [0.5, 0.6) is 0 Å². The van der Waals surface area contributed by atoms with Gasteiger partial charge in [-0.3, -0.25) is 0 Å². The molecule has 16 heavy (non-hydrogen) atoms. The third-order valence-corrected chi connectivity index (χ3v) is 3.56. The maximum Gasteiger partial charge on any atom is 0.176 e. The second-order valence-corrected chi connectivity index (χ2v) is 4.92. The lowest BCUT2D eigenvalue weighted by Gasteiger charge is -2.31. The maximum atomic E-state index is 9.73. The van der Waals surface area contributed by atoms with Crippen molar-refractivity contribution in [2.75, 3.05) is 6.61 Å². The van der Waals surface area contributed by atoms with Gasteiger partial charge in [-0.15, -0.1) is 0 Å². The van der Waals surface area contributed by atoms with E-state index in [1.165, 1.54) is 0 Å². The number of hydrogen-bond donors (Lipinski definition) is 2. The van der Waals surface area contributed by atoms with Crippen LogP contribution in [0.3, 0.4) is 0 Å². The van der Waals surface area contributed by atoms with E-state index in [2.05, 4.69) is 13.5 Å². The fourth-order valence-corrected chi connectivity index (χ4v) is 2.05. The summed E-state index contributed by atoms with van der Waals surface area (Å²) in [5.74, 6) is 0.761. The van der Waals surface area contributed by atoms with Gasteiger partial charge in [0.25, 0.3) is 0 Å². The van der Waals surface area contributed by atoms with Gasteiger partial charge in [-0.2, -0.15) is 0 Å². The highest BCUT2D eigenvalue weighted by molar-refractivity contribution is 4.96. The molecule has 2 N–H and O–H groups in total. The molecule has 0 heterocycles. The Morgan fingerprint density at radius 2 is 2.19 bits per heavy atom. The van der Waals surface area contributed by atoms with Crippen molar-refractivity contribution in [2.24, 2.45) is 11.8 Å². The zero-order valence-electron chi connectivity index (χ0n) is 10.4. The summed E-state index contributed by atoms with van der Waals surface area (Å²) in [6.45, 7) is 8.28. The molecule has 1 fully saturated rings. The van der Waals surface area contributed by atoms with Gasteiger partial charge in [0.05, 0.1) is 12.7 Å². The Labute approximate surface area is 98.1 Å². The van der Waals surface area contributed by atoms with Crippen molar-refractivity contribution in [1.29, 1.82) is 0 Å². The molecule has 0 bridgehead atoms. The predicted octanol–water partition coefficient (Wildman–Crippen LogP) is 2.08. The number of hydrogen-bond acceptors (Lipinski definition) is 3. The van der Waals surface area contributed by atoms with Crippen LogP contribution >= 0.6 is 0 Å². The summed E-state index contributed by atoms with van der Waals surface area (Å²) in [7, 11) is 0. The fourth-order valence-electron chi connectivity index (χ4n) is 2.05. The van der Waals surface area contributed by atoms with E-state index in [4.69, 9.17) is 4.74 Å². The smallest absolute Gasteiger partial charge is 0.176 e. The summed E-state index contributed by atoms with van der Waals surface area (Å²) in [4.78, 5) is 0. The first-order chi connectivity index (χ1) is 7.54. The van der Waals surface area contributed by atoms with E-state index < -0.39 is 6.29 Å². The Balaban J connectivity index is 2.25. The molecule has 0 aromatic heterocycles. The van der Waals surface area contributed by atoms with Crippen molar-refractivity contribution in [2.45, 2.75) is 51.9 Å². The summed E-state index contributed by atoms with van der Waals surface area (Å²) < 4.78 is 5.36. The molecule has 0 radical (unpaired) electrons. The van der Waals surface area contributed by atoms with Crippen molar-refractivity contribution in [3.05, 3.63) is 12.2 Å². The van der Waals surface area contributed by atoms with E-state index in [1.807, 2.05) is 6.92 Å². The molecule has 1 saturated carbocycles. The molecule has 0 aromatic rings. The van der Waals surface area contributed by atoms with E-state index in [-0.39, 0.29) is 6.10 Å². The van der Waals surface area contributed by atoms with Gasteiger partial charge in [0.1, 0.15) is 0 Å². The van der Waals surface area contributed by atoms with Crippen molar-refractivity contribution in [3.8, 4) is 0 Å².